The molecule has 2 aliphatic rings. The normalized spacial score (nSPS) is 47.8. The molecule has 0 bridgehead atoms. The van der Waals surface area contributed by atoms with Crippen molar-refractivity contribution >= 4 is 0 Å². The van der Waals surface area contributed by atoms with Crippen LogP contribution in [0.1, 0.15) is 19.8 Å². The van der Waals surface area contributed by atoms with Crippen molar-refractivity contribution < 1.29 is 15.3 Å². The molecule has 3 N–H and O–H groups in total. The molecular formula is C13H22O3. The van der Waals surface area contributed by atoms with Gasteiger partial charge in [-0.3, -0.25) is 0 Å². The van der Waals surface area contributed by atoms with Gasteiger partial charge >= 0.3 is 0 Å². The van der Waals surface area contributed by atoms with Gasteiger partial charge in [0.1, 0.15) is 0 Å². The van der Waals surface area contributed by atoms with Gasteiger partial charge in [-0.1, -0.05) is 19.1 Å². The Balaban J connectivity index is 2.17. The summed E-state index contributed by atoms with van der Waals surface area (Å²) in [6.45, 7) is 2.40. The van der Waals surface area contributed by atoms with Gasteiger partial charge in [0.2, 0.25) is 0 Å². The van der Waals surface area contributed by atoms with Crippen LogP contribution in [0.15, 0.2) is 12.2 Å². The summed E-state index contributed by atoms with van der Waals surface area (Å²) in [5.74, 6) is 1.23. The van der Waals surface area contributed by atoms with Gasteiger partial charge in [0.05, 0.1) is 6.10 Å². The Hall–Kier alpha value is -0.380. The molecule has 0 aromatic heterocycles. The van der Waals surface area contributed by atoms with E-state index in [1.807, 2.05) is 0 Å². The van der Waals surface area contributed by atoms with E-state index in [2.05, 4.69) is 19.1 Å². The molecule has 0 aliphatic heterocycles. The van der Waals surface area contributed by atoms with E-state index in [1.54, 1.807) is 0 Å². The fraction of sp³-hybridized carbons (Fsp3) is 0.846. The Morgan fingerprint density at radius 2 is 1.88 bits per heavy atom. The average Bonchev–Trinajstić information content (AvgIpc) is 2.29. The minimum Gasteiger partial charge on any atom is -0.396 e. The quantitative estimate of drug-likeness (QED) is 0.610. The molecule has 0 saturated heterocycles. The molecular weight excluding hydrogens is 204 g/mol. The third-order valence-electron chi connectivity index (χ3n) is 4.42. The fourth-order valence-corrected chi connectivity index (χ4v) is 3.48. The Morgan fingerprint density at radius 3 is 2.50 bits per heavy atom. The van der Waals surface area contributed by atoms with E-state index in [4.69, 9.17) is 0 Å². The van der Waals surface area contributed by atoms with Crippen molar-refractivity contribution in [1.29, 1.82) is 0 Å². The maximum Gasteiger partial charge on any atom is 0.0581 e. The van der Waals surface area contributed by atoms with Crippen LogP contribution in [-0.4, -0.2) is 34.6 Å². The molecule has 0 unspecified atom stereocenters. The molecule has 0 spiro atoms. The highest BCUT2D eigenvalue weighted by atomic mass is 16.3. The largest absolute Gasteiger partial charge is 0.396 e. The number of rotatable bonds is 2. The molecule has 0 aromatic carbocycles. The molecule has 16 heavy (non-hydrogen) atoms. The molecule has 1 fully saturated rings. The molecule has 2 rings (SSSR count). The first-order chi connectivity index (χ1) is 7.67. The van der Waals surface area contributed by atoms with Crippen molar-refractivity contribution in [2.24, 2.45) is 29.6 Å². The second kappa shape index (κ2) is 4.86. The highest BCUT2D eigenvalue weighted by molar-refractivity contribution is 5.08. The molecule has 3 heteroatoms. The van der Waals surface area contributed by atoms with Gasteiger partial charge in [-0.25, -0.2) is 0 Å². The first-order valence-corrected chi connectivity index (χ1v) is 6.25. The van der Waals surface area contributed by atoms with Gasteiger partial charge < -0.3 is 15.3 Å². The molecule has 92 valence electrons. The fourth-order valence-electron chi connectivity index (χ4n) is 3.48. The zero-order valence-electron chi connectivity index (χ0n) is 9.79. The predicted molar refractivity (Wildman–Crippen MR) is 61.7 cm³/mol. The summed E-state index contributed by atoms with van der Waals surface area (Å²) in [6, 6.07) is 0. The van der Waals surface area contributed by atoms with Crippen LogP contribution < -0.4 is 0 Å². The van der Waals surface area contributed by atoms with E-state index in [1.165, 1.54) is 0 Å². The maximum absolute atomic E-state index is 10.2. The second-order valence-electron chi connectivity index (χ2n) is 5.42. The monoisotopic (exact) mass is 226 g/mol. The third kappa shape index (κ3) is 2.04. The molecule has 1 saturated carbocycles. The average molecular weight is 226 g/mol. The summed E-state index contributed by atoms with van der Waals surface area (Å²) in [4.78, 5) is 0. The first-order valence-electron chi connectivity index (χ1n) is 6.25. The number of aliphatic hydroxyl groups is 3. The van der Waals surface area contributed by atoms with E-state index in [0.29, 0.717) is 18.3 Å². The van der Waals surface area contributed by atoms with Crippen LogP contribution in [0.25, 0.3) is 0 Å². The maximum atomic E-state index is 10.2. The van der Waals surface area contributed by atoms with Gasteiger partial charge in [-0.2, -0.15) is 0 Å². The SMILES string of the molecule is C[C@H]1C=C[C@H]2C[C@H](CO)C[C@H](O)[C@@H]2[C@H]1CO. The first kappa shape index (κ1) is 12.1. The number of hydrogen-bond acceptors (Lipinski definition) is 3. The molecule has 0 heterocycles. The van der Waals surface area contributed by atoms with Crippen LogP contribution in [0, 0.1) is 29.6 Å². The zero-order valence-corrected chi connectivity index (χ0v) is 9.79. The standard InChI is InChI=1S/C13H22O3/c1-8-2-3-10-4-9(6-14)5-12(16)13(10)11(8)7-15/h2-3,8-16H,4-7H2,1H3/t8-,9-,10-,11-,12-,13-/m0/s1. The molecule has 0 amide bonds. The van der Waals surface area contributed by atoms with Crippen molar-refractivity contribution in [3.05, 3.63) is 12.2 Å². The number of aliphatic hydroxyl groups excluding tert-OH is 3. The van der Waals surface area contributed by atoms with Crippen LogP contribution in [-0.2, 0) is 0 Å². The third-order valence-corrected chi connectivity index (χ3v) is 4.42. The highest BCUT2D eigenvalue weighted by Crippen LogP contribution is 2.44. The smallest absolute Gasteiger partial charge is 0.0581 e. The lowest BCUT2D eigenvalue weighted by Gasteiger charge is -2.45. The van der Waals surface area contributed by atoms with Crippen LogP contribution >= 0.6 is 0 Å². The van der Waals surface area contributed by atoms with Crippen molar-refractivity contribution in [3.63, 3.8) is 0 Å². The summed E-state index contributed by atoms with van der Waals surface area (Å²) in [6.07, 6.45) is 5.56. The van der Waals surface area contributed by atoms with E-state index in [9.17, 15) is 15.3 Å². The number of fused-ring (bicyclic) bond motifs is 1. The van der Waals surface area contributed by atoms with Gasteiger partial charge in [0, 0.05) is 13.2 Å². The molecule has 0 aromatic rings. The lowest BCUT2D eigenvalue weighted by Crippen LogP contribution is -2.45. The Morgan fingerprint density at radius 1 is 1.12 bits per heavy atom. The summed E-state index contributed by atoms with van der Waals surface area (Å²) in [7, 11) is 0. The Bertz CT molecular complexity index is 264. The van der Waals surface area contributed by atoms with Crippen LogP contribution in [0.3, 0.4) is 0 Å². The minimum atomic E-state index is -0.375. The van der Waals surface area contributed by atoms with Crippen LogP contribution in [0.2, 0.25) is 0 Å². The Labute approximate surface area is 96.8 Å². The summed E-state index contributed by atoms with van der Waals surface area (Å²) >= 11 is 0. The Kier molecular flexibility index (Phi) is 3.67. The summed E-state index contributed by atoms with van der Waals surface area (Å²) in [5, 5.41) is 28.8. The van der Waals surface area contributed by atoms with Gasteiger partial charge in [0.15, 0.2) is 0 Å². The summed E-state index contributed by atoms with van der Waals surface area (Å²) in [5.41, 5.74) is 0. The number of allylic oxidation sites excluding steroid dienone is 2. The minimum absolute atomic E-state index is 0.146. The van der Waals surface area contributed by atoms with Crippen molar-refractivity contribution in [2.45, 2.75) is 25.9 Å². The summed E-state index contributed by atoms with van der Waals surface area (Å²) < 4.78 is 0. The molecule has 3 nitrogen and oxygen atoms in total. The van der Waals surface area contributed by atoms with Gasteiger partial charge in [0.25, 0.3) is 0 Å². The highest BCUT2D eigenvalue weighted by Gasteiger charge is 2.43. The lowest BCUT2D eigenvalue weighted by molar-refractivity contribution is -0.0466. The molecule has 2 aliphatic carbocycles. The van der Waals surface area contributed by atoms with E-state index in [0.717, 1.165) is 6.42 Å². The number of hydrogen-bond donors (Lipinski definition) is 3. The lowest BCUT2D eigenvalue weighted by atomic mass is 9.62. The second-order valence-corrected chi connectivity index (χ2v) is 5.42. The van der Waals surface area contributed by atoms with E-state index >= 15 is 0 Å². The van der Waals surface area contributed by atoms with Gasteiger partial charge in [-0.05, 0) is 42.4 Å². The zero-order chi connectivity index (χ0) is 11.7. The van der Waals surface area contributed by atoms with Crippen molar-refractivity contribution in [1.82, 2.24) is 0 Å². The van der Waals surface area contributed by atoms with Crippen molar-refractivity contribution in [2.75, 3.05) is 13.2 Å². The molecule has 6 atom stereocenters. The van der Waals surface area contributed by atoms with Gasteiger partial charge in [-0.15, -0.1) is 0 Å². The predicted octanol–water partition coefficient (Wildman–Crippen LogP) is 0.796. The van der Waals surface area contributed by atoms with Crippen LogP contribution in [0.5, 0.6) is 0 Å². The molecule has 0 radical (unpaired) electrons. The van der Waals surface area contributed by atoms with Crippen molar-refractivity contribution in [3.8, 4) is 0 Å². The van der Waals surface area contributed by atoms with E-state index < -0.39 is 0 Å². The van der Waals surface area contributed by atoms with Crippen LogP contribution in [0.4, 0.5) is 0 Å². The topological polar surface area (TPSA) is 60.7 Å². The van der Waals surface area contributed by atoms with E-state index in [-0.39, 0.29) is 37.1 Å².